The maximum atomic E-state index is 11.2. The van der Waals surface area contributed by atoms with Gasteiger partial charge in [-0.2, -0.15) is 0 Å². The van der Waals surface area contributed by atoms with Crippen LogP contribution >= 0.6 is 0 Å². The number of carbonyl (C=O) groups is 1. The highest BCUT2D eigenvalue weighted by molar-refractivity contribution is 5.96. The Balaban J connectivity index is 2.14. The zero-order chi connectivity index (χ0) is 6.06. The van der Waals surface area contributed by atoms with Gasteiger partial charge >= 0.3 is 0 Å². The van der Waals surface area contributed by atoms with Gasteiger partial charge in [-0.05, 0) is 12.8 Å². The van der Waals surface area contributed by atoms with Crippen molar-refractivity contribution < 1.29 is 4.79 Å². The highest BCUT2D eigenvalue weighted by Gasteiger charge is 2.69. The summed E-state index contributed by atoms with van der Waals surface area (Å²) in [6.45, 7) is 1.09. The van der Waals surface area contributed by atoms with Crippen LogP contribution in [-0.2, 0) is 4.79 Å². The smallest absolute Gasteiger partial charge is 0.155 e. The molecule has 3 aliphatic rings. The molecule has 3 atom stereocenters. The molecule has 0 amide bonds. The lowest BCUT2D eigenvalue weighted by molar-refractivity contribution is -0.120. The van der Waals surface area contributed by atoms with Gasteiger partial charge in [0.2, 0.25) is 0 Å². The summed E-state index contributed by atoms with van der Waals surface area (Å²) in [4.78, 5) is 13.5. The van der Waals surface area contributed by atoms with Crippen LogP contribution in [-0.4, -0.2) is 28.8 Å². The second kappa shape index (κ2) is 0.966. The van der Waals surface area contributed by atoms with E-state index in [0.29, 0.717) is 11.8 Å². The lowest BCUT2D eigenvalue weighted by atomic mass is 9.90. The van der Waals surface area contributed by atoms with E-state index in [1.807, 2.05) is 0 Å². The summed E-state index contributed by atoms with van der Waals surface area (Å²) >= 11 is 0. The predicted octanol–water partition coefficient (Wildman–Crippen LogP) is 0.176. The summed E-state index contributed by atoms with van der Waals surface area (Å²) in [6.07, 6.45) is 3.31. The number of rotatable bonds is 0. The number of Topliss-reactive ketones (excluding diaryl/α,β-unsaturated/α-hetero) is 1. The molecule has 0 saturated carbocycles. The average Bonchev–Trinajstić information content (AvgIpc) is 2.41. The van der Waals surface area contributed by atoms with Crippen LogP contribution in [0.1, 0.15) is 19.3 Å². The molecule has 0 radical (unpaired) electrons. The van der Waals surface area contributed by atoms with Crippen molar-refractivity contribution in [1.29, 1.82) is 0 Å². The van der Waals surface area contributed by atoms with Crippen LogP contribution in [0.15, 0.2) is 0 Å². The van der Waals surface area contributed by atoms with E-state index in [0.717, 1.165) is 19.4 Å². The van der Waals surface area contributed by atoms with Gasteiger partial charge in [0.15, 0.2) is 5.78 Å². The van der Waals surface area contributed by atoms with E-state index in [1.54, 1.807) is 0 Å². The maximum Gasteiger partial charge on any atom is 0.155 e. The number of piperidine rings is 2. The van der Waals surface area contributed by atoms with Crippen molar-refractivity contribution in [2.75, 3.05) is 6.54 Å². The molecule has 0 aromatic heterocycles. The number of hydrogen-bond donors (Lipinski definition) is 0. The highest BCUT2D eigenvalue weighted by atomic mass is 16.1. The van der Waals surface area contributed by atoms with Crippen LogP contribution in [0.4, 0.5) is 0 Å². The van der Waals surface area contributed by atoms with Crippen molar-refractivity contribution in [3.05, 3.63) is 0 Å². The number of ketones is 1. The Morgan fingerprint density at radius 2 is 2.56 bits per heavy atom. The van der Waals surface area contributed by atoms with Crippen LogP contribution in [0, 0.1) is 0 Å². The number of nitrogens with zero attached hydrogens (tertiary/aromatic N) is 1. The minimum Gasteiger partial charge on any atom is -0.297 e. The van der Waals surface area contributed by atoms with Crippen LogP contribution in [0.2, 0.25) is 0 Å². The van der Waals surface area contributed by atoms with E-state index < -0.39 is 0 Å². The Labute approximate surface area is 53.8 Å². The van der Waals surface area contributed by atoms with Gasteiger partial charge < -0.3 is 0 Å². The first-order valence-corrected chi connectivity index (χ1v) is 3.63. The first-order chi connectivity index (χ1) is 4.33. The summed E-state index contributed by atoms with van der Waals surface area (Å²) in [5.74, 6) is 0.527. The molecule has 9 heavy (non-hydrogen) atoms. The summed E-state index contributed by atoms with van der Waals surface area (Å²) < 4.78 is 0. The molecule has 2 bridgehead atoms. The molecule has 2 heteroatoms. The SMILES string of the molecule is O=C1CC2CCC13CN23. The van der Waals surface area contributed by atoms with E-state index in [1.165, 1.54) is 6.42 Å². The standard InChI is InChI=1S/C7H9NO/c9-6-3-5-1-2-7(6)4-8(5)7/h5H,1-4H2. The van der Waals surface area contributed by atoms with Crippen LogP contribution in [0.25, 0.3) is 0 Å². The molecular weight excluding hydrogens is 114 g/mol. The fourth-order valence-electron chi connectivity index (χ4n) is 2.51. The first-order valence-electron chi connectivity index (χ1n) is 3.63. The third-order valence-corrected chi connectivity index (χ3v) is 3.15. The van der Waals surface area contributed by atoms with Crippen molar-refractivity contribution in [2.24, 2.45) is 0 Å². The molecule has 3 rings (SSSR count). The molecule has 3 fully saturated rings. The van der Waals surface area contributed by atoms with Gasteiger partial charge in [-0.15, -0.1) is 0 Å². The molecule has 3 saturated heterocycles. The third kappa shape index (κ3) is 0.295. The van der Waals surface area contributed by atoms with E-state index >= 15 is 0 Å². The molecular formula is C7H9NO. The van der Waals surface area contributed by atoms with Gasteiger partial charge in [-0.1, -0.05) is 0 Å². The van der Waals surface area contributed by atoms with Crippen molar-refractivity contribution in [2.45, 2.75) is 30.8 Å². The summed E-state index contributed by atoms with van der Waals surface area (Å²) in [5, 5.41) is 0. The summed E-state index contributed by atoms with van der Waals surface area (Å²) in [6, 6.07) is 0.664. The van der Waals surface area contributed by atoms with Gasteiger partial charge in [0.25, 0.3) is 0 Å². The van der Waals surface area contributed by atoms with Gasteiger partial charge in [0.05, 0.1) is 5.54 Å². The molecule has 0 aromatic rings. The van der Waals surface area contributed by atoms with E-state index in [2.05, 4.69) is 4.90 Å². The van der Waals surface area contributed by atoms with Gasteiger partial charge in [-0.3, -0.25) is 9.69 Å². The molecule has 0 spiro atoms. The van der Waals surface area contributed by atoms with Gasteiger partial charge in [-0.25, -0.2) is 0 Å². The Bertz CT molecular complexity index is 201. The Morgan fingerprint density at radius 1 is 1.67 bits per heavy atom. The molecule has 0 N–H and O–H groups in total. The van der Waals surface area contributed by atoms with Crippen molar-refractivity contribution in [3.63, 3.8) is 0 Å². The second-order valence-corrected chi connectivity index (χ2v) is 3.48. The van der Waals surface area contributed by atoms with Crippen molar-refractivity contribution in [1.82, 2.24) is 4.90 Å². The van der Waals surface area contributed by atoms with Gasteiger partial charge in [0, 0.05) is 19.0 Å². The fourth-order valence-corrected chi connectivity index (χ4v) is 2.51. The Kier molecular flexibility index (Phi) is 0.477. The lowest BCUT2D eigenvalue weighted by Gasteiger charge is -2.12. The molecule has 3 aliphatic heterocycles. The minimum atomic E-state index is 0.130. The van der Waals surface area contributed by atoms with Crippen LogP contribution in [0.3, 0.4) is 0 Å². The van der Waals surface area contributed by atoms with Crippen molar-refractivity contribution >= 4 is 5.78 Å². The van der Waals surface area contributed by atoms with Crippen LogP contribution in [0.5, 0.6) is 0 Å². The monoisotopic (exact) mass is 123 g/mol. The average molecular weight is 123 g/mol. The van der Waals surface area contributed by atoms with Crippen LogP contribution < -0.4 is 0 Å². The molecule has 3 unspecified atom stereocenters. The quantitative estimate of drug-likeness (QED) is 0.428. The first kappa shape index (κ1) is 4.45. The Hall–Kier alpha value is -0.370. The molecule has 0 aromatic carbocycles. The van der Waals surface area contributed by atoms with Gasteiger partial charge in [0.1, 0.15) is 0 Å². The Morgan fingerprint density at radius 3 is 2.78 bits per heavy atom. The number of hydrogen-bond acceptors (Lipinski definition) is 2. The summed E-state index contributed by atoms with van der Waals surface area (Å²) in [7, 11) is 0. The predicted molar refractivity (Wildman–Crippen MR) is 32.1 cm³/mol. The normalized spacial score (nSPS) is 60.2. The molecule has 2 nitrogen and oxygen atoms in total. The maximum absolute atomic E-state index is 11.2. The van der Waals surface area contributed by atoms with E-state index in [-0.39, 0.29) is 5.54 Å². The molecule has 3 heterocycles. The lowest BCUT2D eigenvalue weighted by Crippen LogP contribution is -2.25. The zero-order valence-corrected chi connectivity index (χ0v) is 5.26. The largest absolute Gasteiger partial charge is 0.297 e. The third-order valence-electron chi connectivity index (χ3n) is 3.15. The zero-order valence-electron chi connectivity index (χ0n) is 5.26. The molecule has 48 valence electrons. The van der Waals surface area contributed by atoms with E-state index in [9.17, 15) is 4.79 Å². The second-order valence-electron chi connectivity index (χ2n) is 3.48. The molecule has 0 aliphatic carbocycles. The fraction of sp³-hybridized carbons (Fsp3) is 0.857. The summed E-state index contributed by atoms with van der Waals surface area (Å²) in [5.41, 5.74) is 0.130. The highest BCUT2D eigenvalue weighted by Crippen LogP contribution is 2.54. The van der Waals surface area contributed by atoms with E-state index in [4.69, 9.17) is 0 Å². The number of carbonyl (C=O) groups excluding carboxylic acids is 1. The minimum absolute atomic E-state index is 0.130. The van der Waals surface area contributed by atoms with Crippen molar-refractivity contribution in [3.8, 4) is 0 Å². The topological polar surface area (TPSA) is 20.1 Å².